The van der Waals surface area contributed by atoms with Crippen LogP contribution in [0.25, 0.3) is 11.1 Å². The van der Waals surface area contributed by atoms with E-state index in [1.54, 1.807) is 12.1 Å². The Hall–Kier alpha value is -3.38. The molecular formula is C23H18ClFN2O3. The van der Waals surface area contributed by atoms with Gasteiger partial charge in [-0.15, -0.1) is 0 Å². The number of fused-ring (bicyclic) bond motifs is 1. The molecule has 0 aromatic heterocycles. The lowest BCUT2D eigenvalue weighted by molar-refractivity contribution is -0.144. The summed E-state index contributed by atoms with van der Waals surface area (Å²) in [7, 11) is 0. The number of hydrogen-bond acceptors (Lipinski definition) is 2. The molecule has 0 aliphatic heterocycles. The first kappa shape index (κ1) is 19.9. The van der Waals surface area contributed by atoms with Gasteiger partial charge in [-0.2, -0.15) is 0 Å². The first-order valence-electron chi connectivity index (χ1n) is 9.30. The summed E-state index contributed by atoms with van der Waals surface area (Å²) in [5.74, 6) is -1.54. The maximum atomic E-state index is 13.0. The maximum absolute atomic E-state index is 13.0. The van der Waals surface area contributed by atoms with Crippen molar-refractivity contribution >= 4 is 29.3 Å². The number of amides is 2. The molecule has 1 unspecified atom stereocenters. The fourth-order valence-electron chi connectivity index (χ4n) is 3.70. The molecule has 1 aliphatic rings. The summed E-state index contributed by atoms with van der Waals surface area (Å²) in [4.78, 5) is 24.6. The zero-order valence-electron chi connectivity index (χ0n) is 15.8. The van der Waals surface area contributed by atoms with Gasteiger partial charge < -0.3 is 15.7 Å². The Morgan fingerprint density at radius 2 is 1.53 bits per heavy atom. The minimum absolute atomic E-state index is 0.163. The van der Waals surface area contributed by atoms with Crippen molar-refractivity contribution in [1.29, 1.82) is 0 Å². The molecule has 0 heterocycles. The van der Waals surface area contributed by atoms with Crippen molar-refractivity contribution < 1.29 is 19.1 Å². The molecule has 1 aliphatic carbocycles. The molecule has 1 atom stereocenters. The second-order valence-electron chi connectivity index (χ2n) is 7.32. The first-order chi connectivity index (χ1) is 14.3. The largest absolute Gasteiger partial charge is 0.479 e. The number of nitrogens with one attached hydrogen (secondary N) is 2. The summed E-state index contributed by atoms with van der Waals surface area (Å²) in [6, 6.07) is 17.8. The molecule has 3 aromatic carbocycles. The highest BCUT2D eigenvalue weighted by molar-refractivity contribution is 6.30. The fraction of sp³-hybridized carbons (Fsp3) is 0.130. The van der Waals surface area contributed by atoms with Gasteiger partial charge in [0.2, 0.25) is 0 Å². The number of carboxylic acids is 1. The van der Waals surface area contributed by atoms with E-state index < -0.39 is 23.4 Å². The number of rotatable bonds is 4. The van der Waals surface area contributed by atoms with Crippen molar-refractivity contribution in [2.45, 2.75) is 18.4 Å². The Balaban J connectivity index is 1.54. The Bertz CT molecular complexity index is 1120. The SMILES string of the molecule is O=C(Nc1ccc(F)cc1)NC1(C(=O)O)Cc2ccc(-c3ccc(Cl)cc3)cc2C1. The van der Waals surface area contributed by atoms with Gasteiger partial charge in [0.25, 0.3) is 0 Å². The van der Waals surface area contributed by atoms with Crippen molar-refractivity contribution in [2.24, 2.45) is 0 Å². The van der Waals surface area contributed by atoms with Gasteiger partial charge in [0, 0.05) is 23.6 Å². The predicted octanol–water partition coefficient (Wildman–Crippen LogP) is 4.89. The van der Waals surface area contributed by atoms with Crippen LogP contribution in [0.15, 0.2) is 66.7 Å². The van der Waals surface area contributed by atoms with Gasteiger partial charge in [-0.3, -0.25) is 0 Å². The van der Waals surface area contributed by atoms with Crippen LogP contribution in [0.3, 0.4) is 0 Å². The van der Waals surface area contributed by atoms with Crippen LogP contribution >= 0.6 is 11.6 Å². The average molecular weight is 425 g/mol. The Morgan fingerprint density at radius 1 is 0.900 bits per heavy atom. The van der Waals surface area contributed by atoms with E-state index in [1.807, 2.05) is 30.3 Å². The van der Waals surface area contributed by atoms with E-state index in [9.17, 15) is 19.1 Å². The third-order valence-corrected chi connectivity index (χ3v) is 5.48. The standard InChI is InChI=1S/C23H18ClFN2O3/c24-18-5-3-14(4-6-18)15-1-2-16-12-23(21(28)29,13-17(16)11-15)27-22(30)26-20-9-7-19(25)8-10-20/h1-11H,12-13H2,(H,28,29)(H2,26,27,30). The molecule has 0 spiro atoms. The summed E-state index contributed by atoms with van der Waals surface area (Å²) < 4.78 is 13.0. The third kappa shape index (κ3) is 4.00. The molecule has 0 fully saturated rings. The second-order valence-corrected chi connectivity index (χ2v) is 7.75. The number of halogens is 2. The smallest absolute Gasteiger partial charge is 0.330 e. The van der Waals surface area contributed by atoms with Crippen LogP contribution in [0.1, 0.15) is 11.1 Å². The van der Waals surface area contributed by atoms with Gasteiger partial charge in [-0.25, -0.2) is 14.0 Å². The number of benzene rings is 3. The van der Waals surface area contributed by atoms with Crippen LogP contribution in [0.2, 0.25) is 5.02 Å². The van der Waals surface area contributed by atoms with Gasteiger partial charge in [0.1, 0.15) is 11.4 Å². The van der Waals surface area contributed by atoms with Crippen LogP contribution in [-0.2, 0) is 17.6 Å². The Morgan fingerprint density at radius 3 is 2.20 bits per heavy atom. The fourth-order valence-corrected chi connectivity index (χ4v) is 3.83. The lowest BCUT2D eigenvalue weighted by atomic mass is 9.96. The van der Waals surface area contributed by atoms with Crippen molar-refractivity contribution in [2.75, 3.05) is 5.32 Å². The van der Waals surface area contributed by atoms with E-state index in [-0.39, 0.29) is 12.8 Å². The van der Waals surface area contributed by atoms with E-state index in [0.29, 0.717) is 10.7 Å². The molecule has 0 saturated heterocycles. The number of hydrogen-bond donors (Lipinski definition) is 3. The van der Waals surface area contributed by atoms with Crippen LogP contribution in [0, 0.1) is 5.82 Å². The van der Waals surface area contributed by atoms with Gasteiger partial charge in [-0.05, 0) is 58.7 Å². The van der Waals surface area contributed by atoms with Crippen LogP contribution in [0.5, 0.6) is 0 Å². The van der Waals surface area contributed by atoms with E-state index in [1.165, 1.54) is 24.3 Å². The summed E-state index contributed by atoms with van der Waals surface area (Å²) in [5, 5.41) is 15.7. The Labute approximate surface area is 177 Å². The molecule has 152 valence electrons. The highest BCUT2D eigenvalue weighted by atomic mass is 35.5. The van der Waals surface area contributed by atoms with E-state index in [0.717, 1.165) is 22.3 Å². The number of urea groups is 1. The zero-order chi connectivity index (χ0) is 21.3. The molecule has 3 N–H and O–H groups in total. The lowest BCUT2D eigenvalue weighted by Crippen LogP contribution is -2.56. The number of aliphatic carboxylic acids is 1. The summed E-state index contributed by atoms with van der Waals surface area (Å²) in [6.07, 6.45) is 0.339. The predicted molar refractivity (Wildman–Crippen MR) is 113 cm³/mol. The molecule has 30 heavy (non-hydrogen) atoms. The topological polar surface area (TPSA) is 78.4 Å². The summed E-state index contributed by atoms with van der Waals surface area (Å²) in [6.45, 7) is 0. The van der Waals surface area contributed by atoms with Gasteiger partial charge in [0.15, 0.2) is 0 Å². The van der Waals surface area contributed by atoms with Gasteiger partial charge >= 0.3 is 12.0 Å². The normalized spacial score (nSPS) is 17.3. The quantitative estimate of drug-likeness (QED) is 0.558. The molecule has 5 nitrogen and oxygen atoms in total. The van der Waals surface area contributed by atoms with Crippen LogP contribution in [0.4, 0.5) is 14.9 Å². The van der Waals surface area contributed by atoms with Crippen molar-refractivity contribution in [3.05, 3.63) is 88.7 Å². The minimum Gasteiger partial charge on any atom is -0.479 e. The highest BCUT2D eigenvalue weighted by Crippen LogP contribution is 2.34. The van der Waals surface area contributed by atoms with Crippen molar-refractivity contribution in [3.63, 3.8) is 0 Å². The lowest BCUT2D eigenvalue weighted by Gasteiger charge is -2.25. The molecule has 0 radical (unpaired) electrons. The van der Waals surface area contributed by atoms with E-state index >= 15 is 0 Å². The van der Waals surface area contributed by atoms with E-state index in [4.69, 9.17) is 11.6 Å². The van der Waals surface area contributed by atoms with Crippen LogP contribution < -0.4 is 10.6 Å². The number of carbonyl (C=O) groups excluding carboxylic acids is 1. The number of carbonyl (C=O) groups is 2. The monoisotopic (exact) mass is 424 g/mol. The molecule has 4 rings (SSSR count). The molecule has 3 aromatic rings. The summed E-state index contributed by atoms with van der Waals surface area (Å²) >= 11 is 5.95. The minimum atomic E-state index is -1.45. The number of anilines is 1. The van der Waals surface area contributed by atoms with Crippen molar-refractivity contribution in [1.82, 2.24) is 5.32 Å². The second kappa shape index (κ2) is 7.80. The van der Waals surface area contributed by atoms with E-state index in [2.05, 4.69) is 10.6 Å². The molecule has 0 saturated carbocycles. The number of carboxylic acid groups (broad SMARTS) is 1. The van der Waals surface area contributed by atoms with Crippen LogP contribution in [-0.4, -0.2) is 22.6 Å². The van der Waals surface area contributed by atoms with Crippen molar-refractivity contribution in [3.8, 4) is 11.1 Å². The molecule has 2 amide bonds. The average Bonchev–Trinajstić information content (AvgIpc) is 3.09. The maximum Gasteiger partial charge on any atom is 0.330 e. The molecule has 0 bridgehead atoms. The van der Waals surface area contributed by atoms with Gasteiger partial charge in [-0.1, -0.05) is 41.9 Å². The molecule has 7 heteroatoms. The Kier molecular flexibility index (Phi) is 5.18. The third-order valence-electron chi connectivity index (χ3n) is 5.23. The summed E-state index contributed by atoms with van der Waals surface area (Å²) in [5.41, 5.74) is 2.57. The zero-order valence-corrected chi connectivity index (χ0v) is 16.5. The van der Waals surface area contributed by atoms with Gasteiger partial charge in [0.05, 0.1) is 0 Å². The molecular weight excluding hydrogens is 407 g/mol. The first-order valence-corrected chi connectivity index (χ1v) is 9.68. The highest BCUT2D eigenvalue weighted by Gasteiger charge is 2.45.